The van der Waals surface area contributed by atoms with E-state index in [0.29, 0.717) is 11.1 Å². The Morgan fingerprint density at radius 1 is 0.828 bits per heavy atom. The number of amides is 2. The van der Waals surface area contributed by atoms with Crippen LogP contribution in [0.4, 0.5) is 0 Å². The van der Waals surface area contributed by atoms with Crippen molar-refractivity contribution in [3.05, 3.63) is 102 Å². The highest BCUT2D eigenvalue weighted by molar-refractivity contribution is 5.96. The molecule has 0 spiro atoms. The quantitative estimate of drug-likeness (QED) is 0.262. The van der Waals surface area contributed by atoms with Gasteiger partial charge in [-0.15, -0.1) is 0 Å². The van der Waals surface area contributed by atoms with Crippen molar-refractivity contribution in [2.45, 2.75) is 0 Å². The van der Waals surface area contributed by atoms with Gasteiger partial charge in [-0.05, 0) is 40.5 Å². The van der Waals surface area contributed by atoms with Crippen molar-refractivity contribution in [1.82, 2.24) is 10.9 Å². The molecule has 3 aromatic carbocycles. The molecular formula is C23H19N3O3. The molecule has 0 unspecified atom stereocenters. The fourth-order valence-corrected chi connectivity index (χ4v) is 2.61. The zero-order chi connectivity index (χ0) is 20.5. The standard InChI is InChI=1S/C23H19N3O3/c27-22(26-29)14-11-17-5-4-8-21(15-17)23(28)25-24-16-18-9-12-20(13-10-18)19-6-2-1-3-7-19/h1-16,29H,(H,25,28)(H,26,27). The molecule has 6 nitrogen and oxygen atoms in total. The van der Waals surface area contributed by atoms with Crippen LogP contribution in [-0.2, 0) is 4.79 Å². The van der Waals surface area contributed by atoms with Crippen LogP contribution < -0.4 is 10.9 Å². The van der Waals surface area contributed by atoms with Crippen molar-refractivity contribution < 1.29 is 14.8 Å². The summed E-state index contributed by atoms with van der Waals surface area (Å²) in [4.78, 5) is 23.3. The fourth-order valence-electron chi connectivity index (χ4n) is 2.61. The molecule has 0 saturated carbocycles. The first-order valence-corrected chi connectivity index (χ1v) is 8.87. The van der Waals surface area contributed by atoms with E-state index in [2.05, 4.69) is 10.5 Å². The minimum atomic E-state index is -0.650. The summed E-state index contributed by atoms with van der Waals surface area (Å²) in [6.07, 6.45) is 4.22. The van der Waals surface area contributed by atoms with Crippen LogP contribution >= 0.6 is 0 Å². The molecule has 0 bridgehead atoms. The van der Waals surface area contributed by atoms with Gasteiger partial charge >= 0.3 is 0 Å². The number of hydroxylamine groups is 1. The first kappa shape index (κ1) is 19.7. The maximum Gasteiger partial charge on any atom is 0.271 e. The van der Waals surface area contributed by atoms with Crippen molar-refractivity contribution in [2.75, 3.05) is 0 Å². The zero-order valence-electron chi connectivity index (χ0n) is 15.4. The number of nitrogens with zero attached hydrogens (tertiary/aromatic N) is 1. The first-order chi connectivity index (χ1) is 14.2. The van der Waals surface area contributed by atoms with Crippen molar-refractivity contribution in [2.24, 2.45) is 5.10 Å². The Morgan fingerprint density at radius 2 is 1.55 bits per heavy atom. The number of hydrazone groups is 1. The third-order valence-electron chi connectivity index (χ3n) is 4.08. The van der Waals surface area contributed by atoms with Gasteiger partial charge in [0.15, 0.2) is 0 Å². The molecular weight excluding hydrogens is 366 g/mol. The second-order valence-electron chi connectivity index (χ2n) is 6.12. The molecule has 144 valence electrons. The Hall–Kier alpha value is -4.03. The smallest absolute Gasteiger partial charge is 0.271 e. The molecule has 2 amide bonds. The third-order valence-corrected chi connectivity index (χ3v) is 4.08. The van der Waals surface area contributed by atoms with Crippen molar-refractivity contribution in [3.63, 3.8) is 0 Å². The maximum atomic E-state index is 12.3. The Bertz CT molecular complexity index is 1040. The van der Waals surface area contributed by atoms with Crippen molar-refractivity contribution in [3.8, 4) is 11.1 Å². The molecule has 0 aliphatic carbocycles. The Balaban J connectivity index is 1.61. The van der Waals surface area contributed by atoms with Gasteiger partial charge in [-0.3, -0.25) is 14.8 Å². The normalized spacial score (nSPS) is 10.9. The van der Waals surface area contributed by atoms with Gasteiger partial charge in [0.2, 0.25) is 0 Å². The van der Waals surface area contributed by atoms with E-state index in [4.69, 9.17) is 5.21 Å². The molecule has 29 heavy (non-hydrogen) atoms. The van der Waals surface area contributed by atoms with Crippen LogP contribution in [0, 0.1) is 0 Å². The molecule has 0 aliphatic rings. The first-order valence-electron chi connectivity index (χ1n) is 8.87. The summed E-state index contributed by atoms with van der Waals surface area (Å²) in [6, 6.07) is 24.6. The minimum absolute atomic E-state index is 0.371. The highest BCUT2D eigenvalue weighted by atomic mass is 16.5. The summed E-state index contributed by atoms with van der Waals surface area (Å²) in [7, 11) is 0. The number of hydrogen-bond donors (Lipinski definition) is 3. The molecule has 0 saturated heterocycles. The van der Waals surface area contributed by atoms with Gasteiger partial charge in [0.25, 0.3) is 11.8 Å². The van der Waals surface area contributed by atoms with Crippen LogP contribution in [0.2, 0.25) is 0 Å². The van der Waals surface area contributed by atoms with Gasteiger partial charge in [-0.2, -0.15) is 5.10 Å². The third kappa shape index (κ3) is 5.72. The van der Waals surface area contributed by atoms with Crippen LogP contribution in [0.25, 0.3) is 17.2 Å². The lowest BCUT2D eigenvalue weighted by atomic mass is 10.0. The summed E-state index contributed by atoms with van der Waals surface area (Å²) in [5.74, 6) is -1.02. The van der Waals surface area contributed by atoms with Crippen LogP contribution in [-0.4, -0.2) is 23.2 Å². The van der Waals surface area contributed by atoms with Crippen molar-refractivity contribution >= 4 is 24.1 Å². The van der Waals surface area contributed by atoms with Crippen LogP contribution in [0.5, 0.6) is 0 Å². The number of benzene rings is 3. The molecule has 0 heterocycles. The minimum Gasteiger partial charge on any atom is -0.288 e. The Morgan fingerprint density at radius 3 is 2.28 bits per heavy atom. The predicted octanol–water partition coefficient (Wildman–Crippen LogP) is 3.64. The highest BCUT2D eigenvalue weighted by Gasteiger charge is 2.04. The van der Waals surface area contributed by atoms with E-state index in [9.17, 15) is 9.59 Å². The number of hydrogen-bond acceptors (Lipinski definition) is 4. The van der Waals surface area contributed by atoms with Gasteiger partial charge in [-0.25, -0.2) is 10.9 Å². The summed E-state index contributed by atoms with van der Waals surface area (Å²) in [5, 5.41) is 12.5. The zero-order valence-corrected chi connectivity index (χ0v) is 15.4. The topological polar surface area (TPSA) is 90.8 Å². The van der Waals surface area contributed by atoms with Crippen LogP contribution in [0.3, 0.4) is 0 Å². The lowest BCUT2D eigenvalue weighted by Crippen LogP contribution is -2.17. The van der Waals surface area contributed by atoms with E-state index in [-0.39, 0.29) is 5.91 Å². The van der Waals surface area contributed by atoms with Gasteiger partial charge < -0.3 is 0 Å². The monoisotopic (exact) mass is 385 g/mol. The number of carbonyl (C=O) groups excluding carboxylic acids is 2. The molecule has 0 atom stereocenters. The van der Waals surface area contributed by atoms with Gasteiger partial charge in [0.05, 0.1) is 6.21 Å². The fraction of sp³-hybridized carbons (Fsp3) is 0. The van der Waals surface area contributed by atoms with Gasteiger partial charge in [0.1, 0.15) is 0 Å². The maximum absolute atomic E-state index is 12.3. The predicted molar refractivity (Wildman–Crippen MR) is 112 cm³/mol. The molecule has 3 aromatic rings. The second kappa shape index (κ2) is 9.77. The van der Waals surface area contributed by atoms with E-state index < -0.39 is 5.91 Å². The number of nitrogens with one attached hydrogen (secondary N) is 2. The lowest BCUT2D eigenvalue weighted by molar-refractivity contribution is -0.124. The van der Waals surface area contributed by atoms with E-state index >= 15 is 0 Å². The highest BCUT2D eigenvalue weighted by Crippen LogP contribution is 2.18. The van der Waals surface area contributed by atoms with Crippen molar-refractivity contribution in [1.29, 1.82) is 0 Å². The molecule has 3 rings (SSSR count). The second-order valence-corrected chi connectivity index (χ2v) is 6.12. The number of rotatable bonds is 6. The molecule has 0 radical (unpaired) electrons. The van der Waals surface area contributed by atoms with Crippen LogP contribution in [0.15, 0.2) is 90.0 Å². The van der Waals surface area contributed by atoms with Crippen LogP contribution in [0.1, 0.15) is 21.5 Å². The Labute approximate surface area is 168 Å². The molecule has 0 aliphatic heterocycles. The van der Waals surface area contributed by atoms with Gasteiger partial charge in [-0.1, -0.05) is 66.7 Å². The molecule has 0 fully saturated rings. The van der Waals surface area contributed by atoms with Gasteiger partial charge in [0, 0.05) is 11.6 Å². The Kier molecular flexibility index (Phi) is 6.65. The largest absolute Gasteiger partial charge is 0.288 e. The molecule has 3 N–H and O–H groups in total. The molecule has 0 aromatic heterocycles. The molecule has 6 heteroatoms. The summed E-state index contributed by atoms with van der Waals surface area (Å²) >= 11 is 0. The average molecular weight is 385 g/mol. The number of carbonyl (C=O) groups is 2. The summed E-state index contributed by atoms with van der Waals surface area (Å²) < 4.78 is 0. The van der Waals surface area contributed by atoms with E-state index in [0.717, 1.165) is 22.8 Å². The summed E-state index contributed by atoms with van der Waals surface area (Å²) in [5.41, 5.74) is 8.12. The van der Waals surface area contributed by atoms with E-state index in [1.54, 1.807) is 30.5 Å². The van der Waals surface area contributed by atoms with E-state index in [1.165, 1.54) is 11.6 Å². The van der Waals surface area contributed by atoms with E-state index in [1.807, 2.05) is 54.6 Å². The lowest BCUT2D eigenvalue weighted by Gasteiger charge is -2.03. The summed E-state index contributed by atoms with van der Waals surface area (Å²) in [6.45, 7) is 0. The SMILES string of the molecule is O=C(C=Cc1cccc(C(=O)NN=Cc2ccc(-c3ccccc3)cc2)c1)NO. The average Bonchev–Trinajstić information content (AvgIpc) is 2.78.